The summed E-state index contributed by atoms with van der Waals surface area (Å²) in [5.41, 5.74) is 9.12. The number of piperidine rings is 1. The number of unbranched alkanes of at least 4 members (excludes halogenated alkanes) is 2. The summed E-state index contributed by atoms with van der Waals surface area (Å²) < 4.78 is 0. The number of fused-ring (bicyclic) bond motifs is 1. The molecule has 2 saturated heterocycles. The van der Waals surface area contributed by atoms with Gasteiger partial charge in [0, 0.05) is 25.3 Å². The van der Waals surface area contributed by atoms with E-state index in [4.69, 9.17) is 0 Å². The molecule has 43 heavy (non-hydrogen) atoms. The van der Waals surface area contributed by atoms with Crippen LogP contribution >= 0.6 is 0 Å². The minimum Gasteiger partial charge on any atom is -0.371 e. The molecule has 1 unspecified atom stereocenters. The predicted octanol–water partition coefficient (Wildman–Crippen LogP) is 8.77. The molecule has 3 aromatic rings. The first-order chi connectivity index (χ1) is 21.2. The van der Waals surface area contributed by atoms with Gasteiger partial charge in [-0.25, -0.2) is 0 Å². The molecule has 0 spiro atoms. The van der Waals surface area contributed by atoms with E-state index in [0.717, 1.165) is 18.3 Å². The Hall–Kier alpha value is -2.62. The third kappa shape index (κ3) is 9.43. The van der Waals surface area contributed by atoms with Crippen molar-refractivity contribution in [2.75, 3.05) is 50.7 Å². The molecule has 0 aromatic heterocycles. The number of hydrogen-bond donors (Lipinski definition) is 1. The molecule has 3 nitrogen and oxygen atoms in total. The van der Waals surface area contributed by atoms with E-state index in [2.05, 4.69) is 102 Å². The van der Waals surface area contributed by atoms with Gasteiger partial charge < -0.3 is 15.1 Å². The van der Waals surface area contributed by atoms with Gasteiger partial charge in [0.1, 0.15) is 0 Å². The summed E-state index contributed by atoms with van der Waals surface area (Å²) in [6.07, 6.45) is 14.1. The second-order valence-electron chi connectivity index (χ2n) is 13.2. The van der Waals surface area contributed by atoms with Gasteiger partial charge in [-0.15, -0.1) is 0 Å². The summed E-state index contributed by atoms with van der Waals surface area (Å²) in [7, 11) is 0. The molecule has 232 valence electrons. The van der Waals surface area contributed by atoms with Crippen LogP contribution in [0.3, 0.4) is 0 Å². The maximum atomic E-state index is 3.46. The summed E-state index contributed by atoms with van der Waals surface area (Å²) in [5.74, 6) is 1.50. The molecule has 1 atom stereocenters. The Labute approximate surface area is 263 Å². The molecule has 3 heteroatoms. The van der Waals surface area contributed by atoms with Crippen molar-refractivity contribution in [3.63, 3.8) is 0 Å². The van der Waals surface area contributed by atoms with E-state index >= 15 is 0 Å². The zero-order valence-electron chi connectivity index (χ0n) is 27.2. The van der Waals surface area contributed by atoms with E-state index in [1.807, 2.05) is 0 Å². The van der Waals surface area contributed by atoms with Crippen LogP contribution in [0, 0.1) is 0 Å². The van der Waals surface area contributed by atoms with Gasteiger partial charge in [0.05, 0.1) is 0 Å². The number of rotatable bonds is 11. The molecule has 0 saturated carbocycles. The maximum absolute atomic E-state index is 3.46. The molecule has 2 fully saturated rings. The summed E-state index contributed by atoms with van der Waals surface area (Å²) >= 11 is 0. The fraction of sp³-hybridized carbons (Fsp3) is 0.550. The highest BCUT2D eigenvalue weighted by Gasteiger charge is 2.23. The highest BCUT2D eigenvalue weighted by Crippen LogP contribution is 2.30. The Morgan fingerprint density at radius 1 is 0.721 bits per heavy atom. The van der Waals surface area contributed by atoms with Crippen LogP contribution in [0.4, 0.5) is 5.69 Å². The van der Waals surface area contributed by atoms with E-state index in [-0.39, 0.29) is 0 Å². The Kier molecular flexibility index (Phi) is 12.6. The van der Waals surface area contributed by atoms with Crippen molar-refractivity contribution in [3.05, 3.63) is 101 Å². The van der Waals surface area contributed by atoms with E-state index in [1.54, 1.807) is 11.1 Å². The Bertz CT molecular complexity index is 1200. The van der Waals surface area contributed by atoms with Crippen molar-refractivity contribution in [2.45, 2.75) is 96.3 Å². The van der Waals surface area contributed by atoms with Crippen LogP contribution in [0.2, 0.25) is 0 Å². The molecule has 0 radical (unpaired) electrons. The van der Waals surface area contributed by atoms with Crippen LogP contribution in [0.1, 0.15) is 105 Å². The SMILES string of the molecule is CCCCCN1CCCc2ccc(CC)cc21.c1ccc(C2CCN(CCCc3ccc(C4CCNCC4)cc3)C2)cc1. The van der Waals surface area contributed by atoms with Crippen molar-refractivity contribution < 1.29 is 0 Å². The van der Waals surface area contributed by atoms with Crippen LogP contribution in [-0.2, 0) is 19.3 Å². The number of anilines is 1. The van der Waals surface area contributed by atoms with Crippen LogP contribution in [0.15, 0.2) is 72.8 Å². The first-order valence-corrected chi connectivity index (χ1v) is 17.7. The first kappa shape index (κ1) is 31.8. The van der Waals surface area contributed by atoms with Gasteiger partial charge in [0.15, 0.2) is 0 Å². The third-order valence-electron chi connectivity index (χ3n) is 10.1. The van der Waals surface area contributed by atoms with Crippen LogP contribution in [0.25, 0.3) is 0 Å². The lowest BCUT2D eigenvalue weighted by Gasteiger charge is -2.32. The lowest BCUT2D eigenvalue weighted by Crippen LogP contribution is -2.30. The average molecular weight is 580 g/mol. The summed E-state index contributed by atoms with van der Waals surface area (Å²) in [6.45, 7) is 13.1. The number of benzene rings is 3. The van der Waals surface area contributed by atoms with E-state index in [9.17, 15) is 0 Å². The van der Waals surface area contributed by atoms with Crippen molar-refractivity contribution in [2.24, 2.45) is 0 Å². The van der Waals surface area contributed by atoms with Crippen molar-refractivity contribution >= 4 is 5.69 Å². The number of hydrogen-bond acceptors (Lipinski definition) is 3. The largest absolute Gasteiger partial charge is 0.371 e. The quantitative estimate of drug-likeness (QED) is 0.229. The standard InChI is InChI=1S/C24H32N2.C16H25N/c1-2-6-21(7-3-1)24-14-18-26(19-24)17-4-5-20-8-10-22(11-9-20)23-12-15-25-16-13-23;1-3-5-6-11-17-12-7-8-15-10-9-14(4-2)13-16(15)17/h1-3,6-11,23-25H,4-5,12-19H2;9-10,13H,3-8,11-12H2,1-2H3. The molecule has 0 amide bonds. The minimum atomic E-state index is 0.737. The summed E-state index contributed by atoms with van der Waals surface area (Å²) in [5, 5.41) is 3.46. The minimum absolute atomic E-state index is 0.737. The Balaban J connectivity index is 0.000000188. The van der Waals surface area contributed by atoms with Crippen LogP contribution in [-0.4, -0.2) is 50.7 Å². The third-order valence-corrected chi connectivity index (χ3v) is 10.1. The molecule has 3 aliphatic rings. The molecule has 3 aromatic carbocycles. The second-order valence-corrected chi connectivity index (χ2v) is 13.2. The van der Waals surface area contributed by atoms with Crippen molar-refractivity contribution in [1.82, 2.24) is 10.2 Å². The molecular formula is C40H57N3. The van der Waals surface area contributed by atoms with Crippen LogP contribution in [0.5, 0.6) is 0 Å². The number of aryl methyl sites for hydroxylation is 3. The maximum Gasteiger partial charge on any atom is 0.0401 e. The molecule has 1 N–H and O–H groups in total. The van der Waals surface area contributed by atoms with E-state index < -0.39 is 0 Å². The average Bonchev–Trinajstić information content (AvgIpc) is 3.55. The first-order valence-electron chi connectivity index (χ1n) is 17.7. The molecule has 6 rings (SSSR count). The zero-order valence-corrected chi connectivity index (χ0v) is 27.2. The summed E-state index contributed by atoms with van der Waals surface area (Å²) in [4.78, 5) is 5.26. The normalized spacial score (nSPS) is 19.1. The van der Waals surface area contributed by atoms with Gasteiger partial charge in [-0.1, -0.05) is 93.4 Å². The van der Waals surface area contributed by atoms with Gasteiger partial charge in [-0.3, -0.25) is 0 Å². The second kappa shape index (κ2) is 17.0. The monoisotopic (exact) mass is 579 g/mol. The smallest absolute Gasteiger partial charge is 0.0401 e. The number of nitrogens with zero attached hydrogens (tertiary/aromatic N) is 2. The van der Waals surface area contributed by atoms with Gasteiger partial charge in [0.25, 0.3) is 0 Å². The molecule has 3 aliphatic heterocycles. The summed E-state index contributed by atoms with van der Waals surface area (Å²) in [6, 6.07) is 27.6. The molecule has 0 aliphatic carbocycles. The lowest BCUT2D eigenvalue weighted by atomic mass is 9.89. The topological polar surface area (TPSA) is 18.5 Å². The van der Waals surface area contributed by atoms with Gasteiger partial charge in [-0.2, -0.15) is 0 Å². The number of likely N-dealkylation sites (tertiary alicyclic amines) is 1. The fourth-order valence-electron chi connectivity index (χ4n) is 7.35. The van der Waals surface area contributed by atoms with Crippen LogP contribution < -0.4 is 10.2 Å². The number of nitrogens with one attached hydrogen (secondary N) is 1. The highest BCUT2D eigenvalue weighted by atomic mass is 15.1. The van der Waals surface area contributed by atoms with Crippen molar-refractivity contribution in [1.29, 1.82) is 0 Å². The van der Waals surface area contributed by atoms with Gasteiger partial charge >= 0.3 is 0 Å². The molecule has 3 heterocycles. The molecule has 0 bridgehead atoms. The zero-order chi connectivity index (χ0) is 29.7. The predicted molar refractivity (Wildman–Crippen MR) is 186 cm³/mol. The van der Waals surface area contributed by atoms with Gasteiger partial charge in [0.2, 0.25) is 0 Å². The van der Waals surface area contributed by atoms with E-state index in [0.29, 0.717) is 0 Å². The molecular weight excluding hydrogens is 522 g/mol. The fourth-order valence-corrected chi connectivity index (χ4v) is 7.35. The highest BCUT2D eigenvalue weighted by molar-refractivity contribution is 5.57. The Morgan fingerprint density at radius 3 is 2.26 bits per heavy atom. The lowest BCUT2D eigenvalue weighted by molar-refractivity contribution is 0.329. The Morgan fingerprint density at radius 2 is 1.49 bits per heavy atom. The van der Waals surface area contributed by atoms with Gasteiger partial charge in [-0.05, 0) is 130 Å². The van der Waals surface area contributed by atoms with E-state index in [1.165, 1.54) is 132 Å². The van der Waals surface area contributed by atoms with Crippen molar-refractivity contribution in [3.8, 4) is 0 Å².